The summed E-state index contributed by atoms with van der Waals surface area (Å²) in [5.74, 6) is 0.718. The van der Waals surface area contributed by atoms with E-state index in [1.807, 2.05) is 25.1 Å². The number of carbonyl (C=O) groups excluding carboxylic acids is 1. The molecule has 2 unspecified atom stereocenters. The van der Waals surface area contributed by atoms with Crippen molar-refractivity contribution in [2.75, 3.05) is 0 Å². The first kappa shape index (κ1) is 18.5. The number of carbonyl (C=O) groups is 1. The maximum atomic E-state index is 12.7. The fourth-order valence-corrected chi connectivity index (χ4v) is 3.71. The summed E-state index contributed by atoms with van der Waals surface area (Å²) in [6.07, 6.45) is 5.10. The molecule has 138 valence electrons. The first-order chi connectivity index (χ1) is 12.6. The van der Waals surface area contributed by atoms with Gasteiger partial charge in [0.05, 0.1) is 6.04 Å². The van der Waals surface area contributed by atoms with E-state index in [-0.39, 0.29) is 11.9 Å². The monoisotopic (exact) mass is 351 g/mol. The summed E-state index contributed by atoms with van der Waals surface area (Å²) in [6.45, 7) is 5.99. The molecule has 3 heteroatoms. The van der Waals surface area contributed by atoms with Gasteiger partial charge in [0, 0.05) is 0 Å². The second-order valence-electron chi connectivity index (χ2n) is 7.22. The van der Waals surface area contributed by atoms with E-state index in [0.717, 1.165) is 25.0 Å². The molecule has 2 aromatic carbocycles. The predicted molar refractivity (Wildman–Crippen MR) is 106 cm³/mol. The van der Waals surface area contributed by atoms with Crippen molar-refractivity contribution in [1.29, 1.82) is 0 Å². The molecule has 0 saturated carbocycles. The fourth-order valence-electron chi connectivity index (χ4n) is 3.71. The Hall–Kier alpha value is -2.29. The van der Waals surface area contributed by atoms with E-state index in [1.54, 1.807) is 0 Å². The summed E-state index contributed by atoms with van der Waals surface area (Å²) in [5, 5.41) is 3.14. The maximum absolute atomic E-state index is 12.7. The summed E-state index contributed by atoms with van der Waals surface area (Å²) in [6, 6.07) is 14.5. The van der Waals surface area contributed by atoms with Crippen molar-refractivity contribution in [3.8, 4) is 5.75 Å². The van der Waals surface area contributed by atoms with Gasteiger partial charge < -0.3 is 10.1 Å². The lowest BCUT2D eigenvalue weighted by molar-refractivity contribution is -0.128. The normalized spacial score (nSPS) is 15.7. The van der Waals surface area contributed by atoms with E-state index >= 15 is 0 Å². The largest absolute Gasteiger partial charge is 0.481 e. The summed E-state index contributed by atoms with van der Waals surface area (Å²) < 4.78 is 5.94. The van der Waals surface area contributed by atoms with Crippen LogP contribution in [0.3, 0.4) is 0 Å². The number of amides is 1. The van der Waals surface area contributed by atoms with Crippen molar-refractivity contribution >= 4 is 5.91 Å². The molecule has 1 aliphatic carbocycles. The lowest BCUT2D eigenvalue weighted by Gasteiger charge is -2.23. The average Bonchev–Trinajstić information content (AvgIpc) is 2.66. The minimum atomic E-state index is -0.519. The second-order valence-corrected chi connectivity index (χ2v) is 7.22. The molecule has 0 spiro atoms. The van der Waals surface area contributed by atoms with Gasteiger partial charge in [-0.1, -0.05) is 37.3 Å². The molecule has 1 N–H and O–H groups in total. The van der Waals surface area contributed by atoms with Gasteiger partial charge >= 0.3 is 0 Å². The van der Waals surface area contributed by atoms with Crippen LogP contribution < -0.4 is 10.1 Å². The third kappa shape index (κ3) is 4.27. The topological polar surface area (TPSA) is 38.3 Å². The van der Waals surface area contributed by atoms with Gasteiger partial charge in [0.1, 0.15) is 5.75 Å². The highest BCUT2D eigenvalue weighted by Gasteiger charge is 2.20. The average molecular weight is 351 g/mol. The van der Waals surface area contributed by atoms with Crippen LogP contribution in [-0.4, -0.2) is 12.0 Å². The van der Waals surface area contributed by atoms with Crippen LogP contribution in [0.1, 0.15) is 61.4 Å². The Balaban J connectivity index is 1.65. The molecular formula is C23H29NO2. The van der Waals surface area contributed by atoms with E-state index in [9.17, 15) is 4.79 Å². The van der Waals surface area contributed by atoms with Crippen molar-refractivity contribution in [2.45, 2.75) is 65.0 Å². The molecule has 2 atom stereocenters. The predicted octanol–water partition coefficient (Wildman–Crippen LogP) is 4.91. The van der Waals surface area contributed by atoms with Crippen LogP contribution in [0.2, 0.25) is 0 Å². The number of hydrogen-bond donors (Lipinski definition) is 1. The van der Waals surface area contributed by atoms with E-state index in [1.165, 1.54) is 35.1 Å². The van der Waals surface area contributed by atoms with Gasteiger partial charge in [-0.2, -0.15) is 0 Å². The molecule has 0 bridgehead atoms. The minimum Gasteiger partial charge on any atom is -0.481 e. The van der Waals surface area contributed by atoms with Crippen LogP contribution >= 0.6 is 0 Å². The van der Waals surface area contributed by atoms with Gasteiger partial charge in [0.25, 0.3) is 5.91 Å². The molecule has 2 aromatic rings. The van der Waals surface area contributed by atoms with Crippen LogP contribution in [0.15, 0.2) is 42.5 Å². The number of hydrogen-bond acceptors (Lipinski definition) is 2. The lowest BCUT2D eigenvalue weighted by Crippen LogP contribution is -2.38. The second kappa shape index (κ2) is 8.39. The molecule has 0 aromatic heterocycles. The van der Waals surface area contributed by atoms with E-state index < -0.39 is 6.10 Å². The third-order valence-electron chi connectivity index (χ3n) is 5.29. The highest BCUT2D eigenvalue weighted by atomic mass is 16.5. The van der Waals surface area contributed by atoms with Crippen LogP contribution in [0.25, 0.3) is 0 Å². The lowest BCUT2D eigenvalue weighted by atomic mass is 9.92. The zero-order valence-corrected chi connectivity index (χ0v) is 16.0. The number of aryl methyl sites for hydroxylation is 3. The van der Waals surface area contributed by atoms with Crippen LogP contribution in [0.4, 0.5) is 0 Å². The van der Waals surface area contributed by atoms with Crippen molar-refractivity contribution in [2.24, 2.45) is 0 Å². The Kier molecular flexibility index (Phi) is 5.97. The van der Waals surface area contributed by atoms with Gasteiger partial charge in [-0.25, -0.2) is 0 Å². The number of benzene rings is 2. The van der Waals surface area contributed by atoms with Gasteiger partial charge in [-0.15, -0.1) is 0 Å². The Bertz CT molecular complexity index is 769. The van der Waals surface area contributed by atoms with Crippen molar-refractivity contribution in [3.05, 3.63) is 64.7 Å². The Morgan fingerprint density at radius 3 is 2.58 bits per heavy atom. The molecule has 0 saturated heterocycles. The molecular weight excluding hydrogens is 322 g/mol. The summed E-state index contributed by atoms with van der Waals surface area (Å²) in [5.41, 5.74) is 5.16. The highest BCUT2D eigenvalue weighted by Crippen LogP contribution is 2.26. The molecule has 0 fully saturated rings. The Morgan fingerprint density at radius 2 is 1.85 bits per heavy atom. The zero-order chi connectivity index (χ0) is 18.5. The standard InChI is InChI=1S/C23H29NO2/c1-4-22(21-12-8-5-9-16(21)2)24-23(25)17(3)26-20-14-13-18-10-6-7-11-19(18)15-20/h5,8-9,12-15,17,22H,4,6-7,10-11H2,1-3H3,(H,24,25). The Morgan fingerprint density at radius 1 is 1.12 bits per heavy atom. The third-order valence-corrected chi connectivity index (χ3v) is 5.29. The van der Waals surface area contributed by atoms with Gasteiger partial charge in [-0.05, 0) is 80.3 Å². The molecule has 1 aliphatic rings. The highest BCUT2D eigenvalue weighted by molar-refractivity contribution is 5.81. The molecule has 0 heterocycles. The number of ether oxygens (including phenoxy) is 1. The molecule has 0 radical (unpaired) electrons. The summed E-state index contributed by atoms with van der Waals surface area (Å²) in [7, 11) is 0. The molecule has 0 aliphatic heterocycles. The first-order valence-corrected chi connectivity index (χ1v) is 9.73. The zero-order valence-electron chi connectivity index (χ0n) is 16.0. The summed E-state index contributed by atoms with van der Waals surface area (Å²) >= 11 is 0. The van der Waals surface area contributed by atoms with Crippen LogP contribution in [0, 0.1) is 6.92 Å². The molecule has 3 nitrogen and oxygen atoms in total. The van der Waals surface area contributed by atoms with Crippen molar-refractivity contribution in [3.63, 3.8) is 0 Å². The van der Waals surface area contributed by atoms with Crippen molar-refractivity contribution in [1.82, 2.24) is 5.32 Å². The van der Waals surface area contributed by atoms with Crippen LogP contribution in [0.5, 0.6) is 5.75 Å². The van der Waals surface area contributed by atoms with Crippen LogP contribution in [-0.2, 0) is 17.6 Å². The van der Waals surface area contributed by atoms with Gasteiger partial charge in [0.2, 0.25) is 0 Å². The molecule has 26 heavy (non-hydrogen) atoms. The Labute approximate surface area is 156 Å². The SMILES string of the molecule is CCC(NC(=O)C(C)Oc1ccc2c(c1)CCCC2)c1ccccc1C. The van der Waals surface area contributed by atoms with E-state index in [0.29, 0.717) is 0 Å². The van der Waals surface area contributed by atoms with Gasteiger partial charge in [0.15, 0.2) is 6.10 Å². The van der Waals surface area contributed by atoms with E-state index in [4.69, 9.17) is 4.74 Å². The van der Waals surface area contributed by atoms with E-state index in [2.05, 4.69) is 43.4 Å². The maximum Gasteiger partial charge on any atom is 0.261 e. The first-order valence-electron chi connectivity index (χ1n) is 9.73. The smallest absolute Gasteiger partial charge is 0.261 e. The number of fused-ring (bicyclic) bond motifs is 1. The molecule has 1 amide bonds. The number of rotatable bonds is 6. The van der Waals surface area contributed by atoms with Gasteiger partial charge in [-0.3, -0.25) is 4.79 Å². The summed E-state index contributed by atoms with van der Waals surface area (Å²) in [4.78, 5) is 12.7. The quantitative estimate of drug-likeness (QED) is 0.803. The molecule has 3 rings (SSSR count). The fraction of sp³-hybridized carbons (Fsp3) is 0.435. The number of nitrogens with one attached hydrogen (secondary N) is 1. The minimum absolute atomic E-state index is 0.0123. The van der Waals surface area contributed by atoms with Crippen molar-refractivity contribution < 1.29 is 9.53 Å².